The summed E-state index contributed by atoms with van der Waals surface area (Å²) in [7, 11) is 0. The van der Waals surface area contributed by atoms with E-state index in [9.17, 15) is 5.26 Å². The van der Waals surface area contributed by atoms with Crippen molar-refractivity contribution in [3.05, 3.63) is 90.4 Å². The van der Waals surface area contributed by atoms with Crippen molar-refractivity contribution in [1.82, 2.24) is 19.5 Å². The summed E-state index contributed by atoms with van der Waals surface area (Å²) in [5.74, 6) is 1.33. The Labute approximate surface area is 192 Å². The van der Waals surface area contributed by atoms with Crippen LogP contribution in [-0.4, -0.2) is 38.8 Å². The molecule has 1 aliphatic heterocycles. The molecule has 0 saturated carbocycles. The van der Waals surface area contributed by atoms with Gasteiger partial charge in [0, 0.05) is 49.1 Å². The van der Waals surface area contributed by atoms with Crippen LogP contribution in [0, 0.1) is 11.3 Å². The molecule has 0 N–H and O–H groups in total. The van der Waals surface area contributed by atoms with Gasteiger partial charge < -0.3 is 14.0 Å². The van der Waals surface area contributed by atoms with Crippen molar-refractivity contribution in [3.8, 4) is 28.8 Å². The Balaban J connectivity index is 1.36. The molecule has 1 saturated heterocycles. The standard InChI is InChI=1S/C26H23N5O2/c27-17-21-16-20(4-5-25(21)33-23-7-12-32-13-8-23)24-6-9-29-26(30-24)15-19-2-1-3-22(14-19)31-11-10-28-18-31/h1-6,9-11,14,16,18,23H,7-8,12-13,15H2. The summed E-state index contributed by atoms with van der Waals surface area (Å²) in [4.78, 5) is 13.3. The average Bonchev–Trinajstić information content (AvgIpc) is 3.41. The predicted molar refractivity (Wildman–Crippen MR) is 123 cm³/mol. The maximum atomic E-state index is 9.68. The first-order valence-corrected chi connectivity index (χ1v) is 11.0. The van der Waals surface area contributed by atoms with E-state index in [1.165, 1.54) is 0 Å². The number of ether oxygens (including phenoxy) is 2. The highest BCUT2D eigenvalue weighted by Crippen LogP contribution is 2.27. The zero-order valence-electron chi connectivity index (χ0n) is 18.1. The fourth-order valence-corrected chi connectivity index (χ4v) is 3.92. The van der Waals surface area contributed by atoms with Crippen molar-refractivity contribution in [1.29, 1.82) is 5.26 Å². The lowest BCUT2D eigenvalue weighted by molar-refractivity contribution is 0.0254. The van der Waals surface area contributed by atoms with Crippen molar-refractivity contribution in [2.24, 2.45) is 0 Å². The number of hydrogen-bond donors (Lipinski definition) is 0. The molecule has 0 bridgehead atoms. The number of benzene rings is 2. The summed E-state index contributed by atoms with van der Waals surface area (Å²) < 4.78 is 13.4. The maximum absolute atomic E-state index is 9.68. The van der Waals surface area contributed by atoms with Gasteiger partial charge in [-0.25, -0.2) is 15.0 Å². The summed E-state index contributed by atoms with van der Waals surface area (Å²) in [6.07, 6.45) is 9.57. The minimum absolute atomic E-state index is 0.0837. The smallest absolute Gasteiger partial charge is 0.137 e. The highest BCUT2D eigenvalue weighted by atomic mass is 16.5. The van der Waals surface area contributed by atoms with Gasteiger partial charge in [0.05, 0.1) is 30.8 Å². The van der Waals surface area contributed by atoms with E-state index >= 15 is 0 Å². The molecular weight excluding hydrogens is 414 g/mol. The highest BCUT2D eigenvalue weighted by molar-refractivity contribution is 5.64. The number of nitrogens with zero attached hydrogens (tertiary/aromatic N) is 5. The molecule has 0 unspecified atom stereocenters. The van der Waals surface area contributed by atoms with Crippen molar-refractivity contribution < 1.29 is 9.47 Å². The molecule has 33 heavy (non-hydrogen) atoms. The summed E-state index contributed by atoms with van der Waals surface area (Å²) in [6.45, 7) is 1.39. The molecule has 0 atom stereocenters. The lowest BCUT2D eigenvalue weighted by atomic mass is 10.1. The van der Waals surface area contributed by atoms with Gasteiger partial charge in [-0.2, -0.15) is 5.26 Å². The Morgan fingerprint density at radius 1 is 1.09 bits per heavy atom. The van der Waals surface area contributed by atoms with E-state index in [2.05, 4.69) is 28.2 Å². The quantitative estimate of drug-likeness (QED) is 0.446. The van der Waals surface area contributed by atoms with Crippen LogP contribution in [0.2, 0.25) is 0 Å². The third-order valence-corrected chi connectivity index (χ3v) is 5.64. The fraction of sp³-hybridized carbons (Fsp3) is 0.231. The van der Waals surface area contributed by atoms with Crippen LogP contribution in [0.4, 0.5) is 0 Å². The van der Waals surface area contributed by atoms with Crippen molar-refractivity contribution in [3.63, 3.8) is 0 Å². The molecule has 0 aliphatic carbocycles. The van der Waals surface area contributed by atoms with Gasteiger partial charge in [0.25, 0.3) is 0 Å². The van der Waals surface area contributed by atoms with Crippen LogP contribution in [0.25, 0.3) is 16.9 Å². The van der Waals surface area contributed by atoms with Crippen LogP contribution in [0.5, 0.6) is 5.75 Å². The maximum Gasteiger partial charge on any atom is 0.137 e. The molecule has 2 aromatic heterocycles. The first kappa shape index (κ1) is 20.9. The van der Waals surface area contributed by atoms with E-state index in [-0.39, 0.29) is 6.10 Å². The van der Waals surface area contributed by atoms with Crippen molar-refractivity contribution in [2.75, 3.05) is 13.2 Å². The Morgan fingerprint density at radius 3 is 2.82 bits per heavy atom. The Morgan fingerprint density at radius 2 is 2.00 bits per heavy atom. The number of rotatable bonds is 6. The zero-order chi connectivity index (χ0) is 22.5. The van der Waals surface area contributed by atoms with Gasteiger partial charge >= 0.3 is 0 Å². The molecule has 3 heterocycles. The predicted octanol–water partition coefficient (Wildman–Crippen LogP) is 4.35. The Kier molecular flexibility index (Phi) is 6.09. The van der Waals surface area contributed by atoms with Gasteiger partial charge in [-0.15, -0.1) is 0 Å². The third-order valence-electron chi connectivity index (χ3n) is 5.64. The summed E-state index contributed by atoms with van der Waals surface area (Å²) >= 11 is 0. The summed E-state index contributed by atoms with van der Waals surface area (Å²) in [5.41, 5.74) is 4.30. The topological polar surface area (TPSA) is 85.9 Å². The van der Waals surface area contributed by atoms with E-state index in [0.29, 0.717) is 30.9 Å². The zero-order valence-corrected chi connectivity index (χ0v) is 18.1. The molecule has 0 spiro atoms. The molecule has 0 amide bonds. The van der Waals surface area contributed by atoms with E-state index in [0.717, 1.165) is 41.2 Å². The van der Waals surface area contributed by atoms with E-state index in [4.69, 9.17) is 14.5 Å². The second kappa shape index (κ2) is 9.63. The molecule has 7 nitrogen and oxygen atoms in total. The average molecular weight is 438 g/mol. The van der Waals surface area contributed by atoms with Crippen LogP contribution >= 0.6 is 0 Å². The van der Waals surface area contributed by atoms with E-state index in [1.54, 1.807) is 18.7 Å². The molecule has 164 valence electrons. The van der Waals surface area contributed by atoms with Crippen LogP contribution in [0.15, 0.2) is 73.4 Å². The normalized spacial score (nSPS) is 14.0. The van der Waals surface area contributed by atoms with Gasteiger partial charge in [-0.3, -0.25) is 0 Å². The molecule has 2 aromatic carbocycles. The van der Waals surface area contributed by atoms with Gasteiger partial charge in [-0.1, -0.05) is 12.1 Å². The minimum atomic E-state index is 0.0837. The molecular formula is C26H23N5O2. The van der Waals surface area contributed by atoms with Crippen molar-refractivity contribution in [2.45, 2.75) is 25.4 Å². The van der Waals surface area contributed by atoms with Crippen LogP contribution in [0.1, 0.15) is 29.8 Å². The highest BCUT2D eigenvalue weighted by Gasteiger charge is 2.17. The Hall–Kier alpha value is -4.02. The van der Waals surface area contributed by atoms with Crippen molar-refractivity contribution >= 4 is 0 Å². The summed E-state index contributed by atoms with van der Waals surface area (Å²) in [6, 6.07) is 18.0. The molecule has 1 fully saturated rings. The van der Waals surface area contributed by atoms with Gasteiger partial charge in [0.2, 0.25) is 0 Å². The number of nitriles is 1. The third kappa shape index (κ3) is 4.92. The lowest BCUT2D eigenvalue weighted by Gasteiger charge is -2.23. The molecule has 5 rings (SSSR count). The molecule has 7 heteroatoms. The first-order chi connectivity index (χ1) is 16.3. The monoisotopic (exact) mass is 437 g/mol. The van der Waals surface area contributed by atoms with Gasteiger partial charge in [-0.05, 0) is 42.0 Å². The van der Waals surface area contributed by atoms with Gasteiger partial charge in [0.1, 0.15) is 23.7 Å². The van der Waals surface area contributed by atoms with Crippen LogP contribution in [0.3, 0.4) is 0 Å². The largest absolute Gasteiger partial charge is 0.489 e. The first-order valence-electron chi connectivity index (χ1n) is 11.0. The molecule has 4 aromatic rings. The van der Waals surface area contributed by atoms with E-state index in [1.807, 2.05) is 47.2 Å². The molecule has 1 aliphatic rings. The molecule has 0 radical (unpaired) electrons. The minimum Gasteiger partial charge on any atom is -0.489 e. The number of imidazole rings is 1. The Bertz CT molecular complexity index is 1270. The van der Waals surface area contributed by atoms with Gasteiger partial charge in [0.15, 0.2) is 0 Å². The number of hydrogen-bond acceptors (Lipinski definition) is 6. The van der Waals surface area contributed by atoms with Crippen LogP contribution in [-0.2, 0) is 11.2 Å². The van der Waals surface area contributed by atoms with Crippen LogP contribution < -0.4 is 4.74 Å². The van der Waals surface area contributed by atoms with E-state index < -0.39 is 0 Å². The second-order valence-corrected chi connectivity index (χ2v) is 7.93. The number of aromatic nitrogens is 4. The lowest BCUT2D eigenvalue weighted by Crippen LogP contribution is -2.26. The fourth-order valence-electron chi connectivity index (χ4n) is 3.92. The SMILES string of the molecule is N#Cc1cc(-c2ccnc(Cc3cccc(-n4ccnc4)c3)n2)ccc1OC1CCOCC1. The summed E-state index contributed by atoms with van der Waals surface area (Å²) in [5, 5.41) is 9.68. The second-order valence-electron chi connectivity index (χ2n) is 7.93.